The van der Waals surface area contributed by atoms with Crippen molar-refractivity contribution in [1.82, 2.24) is 5.43 Å². The Labute approximate surface area is 84.1 Å². The van der Waals surface area contributed by atoms with Crippen LogP contribution in [0.25, 0.3) is 0 Å². The lowest BCUT2D eigenvalue weighted by atomic mass is 9.90. The lowest BCUT2D eigenvalue weighted by molar-refractivity contribution is 0.310. The van der Waals surface area contributed by atoms with Gasteiger partial charge >= 0.3 is 0 Å². The predicted molar refractivity (Wildman–Crippen MR) is 58.4 cm³/mol. The molecule has 0 saturated carbocycles. The van der Waals surface area contributed by atoms with Gasteiger partial charge in [0.05, 0.1) is 6.04 Å². The summed E-state index contributed by atoms with van der Waals surface area (Å²) in [6.07, 6.45) is 0. The second-order valence-corrected chi connectivity index (χ2v) is 4.74. The maximum atomic E-state index is 5.56. The Balaban J connectivity index is 2.74. The summed E-state index contributed by atoms with van der Waals surface area (Å²) >= 11 is 1.76. The SMILES string of the molecule is CC(C)C(C)C(NN)c1cccs1. The van der Waals surface area contributed by atoms with E-state index in [2.05, 4.69) is 43.7 Å². The number of nitrogens with one attached hydrogen (secondary N) is 1. The molecule has 0 aliphatic heterocycles. The quantitative estimate of drug-likeness (QED) is 0.576. The average Bonchev–Trinajstić information content (AvgIpc) is 2.58. The summed E-state index contributed by atoms with van der Waals surface area (Å²) in [5.74, 6) is 6.76. The molecule has 1 heterocycles. The summed E-state index contributed by atoms with van der Waals surface area (Å²) in [5, 5.41) is 2.09. The Hall–Kier alpha value is -0.380. The molecule has 3 heteroatoms. The van der Waals surface area contributed by atoms with Crippen molar-refractivity contribution in [3.8, 4) is 0 Å². The zero-order chi connectivity index (χ0) is 9.84. The predicted octanol–water partition coefficient (Wildman–Crippen LogP) is 2.54. The van der Waals surface area contributed by atoms with E-state index in [1.165, 1.54) is 4.88 Å². The Morgan fingerprint density at radius 2 is 2.08 bits per heavy atom. The van der Waals surface area contributed by atoms with Gasteiger partial charge in [-0.25, -0.2) is 0 Å². The third kappa shape index (κ3) is 2.53. The number of hydrazine groups is 1. The fraction of sp³-hybridized carbons (Fsp3) is 0.600. The van der Waals surface area contributed by atoms with Gasteiger partial charge in [0, 0.05) is 4.88 Å². The van der Waals surface area contributed by atoms with E-state index in [4.69, 9.17) is 5.84 Å². The lowest BCUT2D eigenvalue weighted by Gasteiger charge is -2.25. The van der Waals surface area contributed by atoms with Gasteiger partial charge in [0.15, 0.2) is 0 Å². The Bertz CT molecular complexity index is 231. The first kappa shape index (κ1) is 10.7. The standard InChI is InChI=1S/C10H18N2S/c1-7(2)8(3)10(12-11)9-5-4-6-13-9/h4-8,10,12H,11H2,1-3H3. The van der Waals surface area contributed by atoms with Crippen LogP contribution < -0.4 is 11.3 Å². The van der Waals surface area contributed by atoms with Crippen LogP contribution in [0, 0.1) is 11.8 Å². The molecule has 2 nitrogen and oxygen atoms in total. The molecule has 0 spiro atoms. The van der Waals surface area contributed by atoms with E-state index in [9.17, 15) is 0 Å². The lowest BCUT2D eigenvalue weighted by Crippen LogP contribution is -2.33. The first-order valence-electron chi connectivity index (χ1n) is 4.66. The minimum atomic E-state index is 0.292. The average molecular weight is 198 g/mol. The van der Waals surface area contributed by atoms with Crippen LogP contribution in [-0.4, -0.2) is 0 Å². The third-order valence-electron chi connectivity index (χ3n) is 2.61. The van der Waals surface area contributed by atoms with Crippen molar-refractivity contribution >= 4 is 11.3 Å². The van der Waals surface area contributed by atoms with Crippen molar-refractivity contribution in [2.75, 3.05) is 0 Å². The molecule has 74 valence electrons. The Morgan fingerprint density at radius 3 is 2.46 bits per heavy atom. The van der Waals surface area contributed by atoms with Gasteiger partial charge in [-0.1, -0.05) is 26.8 Å². The molecule has 2 unspecified atom stereocenters. The van der Waals surface area contributed by atoms with Crippen LogP contribution in [0.1, 0.15) is 31.7 Å². The number of hydrogen-bond donors (Lipinski definition) is 2. The summed E-state index contributed by atoms with van der Waals surface area (Å²) in [6, 6.07) is 4.49. The van der Waals surface area contributed by atoms with Gasteiger partial charge in [0.2, 0.25) is 0 Å². The van der Waals surface area contributed by atoms with E-state index < -0.39 is 0 Å². The van der Waals surface area contributed by atoms with Crippen LogP contribution in [-0.2, 0) is 0 Å². The maximum Gasteiger partial charge on any atom is 0.0581 e. The minimum absolute atomic E-state index is 0.292. The van der Waals surface area contributed by atoms with Gasteiger partial charge < -0.3 is 0 Å². The van der Waals surface area contributed by atoms with Crippen molar-refractivity contribution in [2.45, 2.75) is 26.8 Å². The van der Waals surface area contributed by atoms with Crippen LogP contribution in [0.3, 0.4) is 0 Å². The number of nitrogens with two attached hydrogens (primary N) is 1. The van der Waals surface area contributed by atoms with E-state index in [1.807, 2.05) is 0 Å². The molecule has 1 rings (SSSR count). The molecule has 0 bridgehead atoms. The molecular weight excluding hydrogens is 180 g/mol. The molecule has 13 heavy (non-hydrogen) atoms. The molecule has 1 aromatic rings. The number of thiophene rings is 1. The van der Waals surface area contributed by atoms with Crippen molar-refractivity contribution in [3.05, 3.63) is 22.4 Å². The fourth-order valence-electron chi connectivity index (χ4n) is 1.35. The van der Waals surface area contributed by atoms with Crippen molar-refractivity contribution in [3.63, 3.8) is 0 Å². The molecule has 0 aliphatic rings. The van der Waals surface area contributed by atoms with E-state index in [-0.39, 0.29) is 0 Å². The summed E-state index contributed by atoms with van der Waals surface area (Å²) in [4.78, 5) is 1.32. The van der Waals surface area contributed by atoms with Gasteiger partial charge in [-0.05, 0) is 23.3 Å². The van der Waals surface area contributed by atoms with Crippen molar-refractivity contribution in [1.29, 1.82) is 0 Å². The molecule has 1 aromatic heterocycles. The normalized spacial score (nSPS) is 16.1. The summed E-state index contributed by atoms with van der Waals surface area (Å²) in [5.41, 5.74) is 2.90. The van der Waals surface area contributed by atoms with E-state index in [0.29, 0.717) is 17.9 Å². The van der Waals surface area contributed by atoms with Crippen LogP contribution in [0.5, 0.6) is 0 Å². The summed E-state index contributed by atoms with van der Waals surface area (Å²) in [6.45, 7) is 6.68. The van der Waals surface area contributed by atoms with Crippen LogP contribution >= 0.6 is 11.3 Å². The zero-order valence-corrected chi connectivity index (χ0v) is 9.27. The van der Waals surface area contributed by atoms with E-state index >= 15 is 0 Å². The highest BCUT2D eigenvalue weighted by Gasteiger charge is 2.21. The van der Waals surface area contributed by atoms with Gasteiger partial charge in [0.25, 0.3) is 0 Å². The smallest absolute Gasteiger partial charge is 0.0581 e. The van der Waals surface area contributed by atoms with Gasteiger partial charge in [-0.2, -0.15) is 0 Å². The summed E-state index contributed by atoms with van der Waals surface area (Å²) in [7, 11) is 0. The molecule has 3 N–H and O–H groups in total. The van der Waals surface area contributed by atoms with Crippen molar-refractivity contribution < 1.29 is 0 Å². The second kappa shape index (κ2) is 4.74. The number of rotatable bonds is 4. The van der Waals surface area contributed by atoms with Gasteiger partial charge in [-0.3, -0.25) is 11.3 Å². The first-order chi connectivity index (χ1) is 6.16. The summed E-state index contributed by atoms with van der Waals surface area (Å²) < 4.78 is 0. The van der Waals surface area contributed by atoms with Gasteiger partial charge in [0.1, 0.15) is 0 Å². The fourth-order valence-corrected chi connectivity index (χ4v) is 2.25. The Kier molecular flexibility index (Phi) is 3.90. The van der Waals surface area contributed by atoms with E-state index in [0.717, 1.165) is 0 Å². The topological polar surface area (TPSA) is 38.0 Å². The first-order valence-corrected chi connectivity index (χ1v) is 5.54. The largest absolute Gasteiger partial charge is 0.271 e. The highest BCUT2D eigenvalue weighted by atomic mass is 32.1. The molecule has 0 amide bonds. The molecular formula is C10H18N2S. The molecule has 0 aromatic carbocycles. The van der Waals surface area contributed by atoms with Crippen LogP contribution in [0.4, 0.5) is 0 Å². The van der Waals surface area contributed by atoms with Crippen LogP contribution in [0.2, 0.25) is 0 Å². The zero-order valence-electron chi connectivity index (χ0n) is 8.45. The monoisotopic (exact) mass is 198 g/mol. The highest BCUT2D eigenvalue weighted by Crippen LogP contribution is 2.29. The van der Waals surface area contributed by atoms with Crippen LogP contribution in [0.15, 0.2) is 17.5 Å². The molecule has 0 radical (unpaired) electrons. The van der Waals surface area contributed by atoms with Crippen molar-refractivity contribution in [2.24, 2.45) is 17.7 Å². The Morgan fingerprint density at radius 1 is 1.38 bits per heavy atom. The maximum absolute atomic E-state index is 5.56. The second-order valence-electron chi connectivity index (χ2n) is 3.76. The minimum Gasteiger partial charge on any atom is -0.271 e. The molecule has 0 aliphatic carbocycles. The van der Waals surface area contributed by atoms with E-state index in [1.54, 1.807) is 11.3 Å². The number of hydrogen-bond acceptors (Lipinski definition) is 3. The highest BCUT2D eigenvalue weighted by molar-refractivity contribution is 7.10. The molecule has 0 saturated heterocycles. The third-order valence-corrected chi connectivity index (χ3v) is 3.56. The molecule has 0 fully saturated rings. The van der Waals surface area contributed by atoms with Gasteiger partial charge in [-0.15, -0.1) is 11.3 Å². The molecule has 2 atom stereocenters.